The zero-order valence-corrected chi connectivity index (χ0v) is 9.17. The van der Waals surface area contributed by atoms with Crippen molar-refractivity contribution in [2.75, 3.05) is 33.4 Å². The van der Waals surface area contributed by atoms with E-state index in [1.54, 1.807) is 0 Å². The van der Waals surface area contributed by atoms with Gasteiger partial charge in [-0.15, -0.1) is 0 Å². The molecule has 0 aromatic carbocycles. The molecular weight excluding hydrogens is 176 g/mol. The summed E-state index contributed by atoms with van der Waals surface area (Å²) < 4.78 is 5.39. The van der Waals surface area contributed by atoms with Gasteiger partial charge in [0.15, 0.2) is 0 Å². The Kier molecular flexibility index (Phi) is 3.79. The number of hydrogen-bond acceptors (Lipinski definition) is 3. The predicted octanol–water partition coefficient (Wildman–Crippen LogP) is 0.849. The summed E-state index contributed by atoms with van der Waals surface area (Å²) in [5.74, 6) is 0. The number of likely N-dealkylation sites (N-methyl/N-ethyl adjacent to an activating group) is 1. The highest BCUT2D eigenvalue weighted by atomic mass is 16.5. The lowest BCUT2D eigenvalue weighted by atomic mass is 10.1. The fraction of sp³-hybridized carbons (Fsp3) is 1.00. The minimum absolute atomic E-state index is 0.677. The zero-order valence-electron chi connectivity index (χ0n) is 9.17. The quantitative estimate of drug-likeness (QED) is 0.725. The first-order chi connectivity index (χ1) is 6.86. The summed E-state index contributed by atoms with van der Waals surface area (Å²) in [4.78, 5) is 2.47. The molecule has 2 unspecified atom stereocenters. The number of ether oxygens (including phenoxy) is 1. The third kappa shape index (κ3) is 2.69. The zero-order chi connectivity index (χ0) is 9.80. The standard InChI is InChI=1S/C11H22N2O/c1-13(11-5-8-14-9-11)7-4-10-3-2-6-12-10/h10-12H,2-9H2,1H3. The van der Waals surface area contributed by atoms with Gasteiger partial charge < -0.3 is 15.0 Å². The van der Waals surface area contributed by atoms with Gasteiger partial charge in [0, 0.05) is 18.7 Å². The van der Waals surface area contributed by atoms with Crippen LogP contribution in [0.2, 0.25) is 0 Å². The van der Waals surface area contributed by atoms with E-state index in [1.807, 2.05) is 0 Å². The highest BCUT2D eigenvalue weighted by Gasteiger charge is 2.21. The number of rotatable bonds is 4. The minimum Gasteiger partial charge on any atom is -0.380 e. The Labute approximate surface area is 86.8 Å². The molecule has 3 heteroatoms. The van der Waals surface area contributed by atoms with Crippen LogP contribution in [0.5, 0.6) is 0 Å². The Morgan fingerprint density at radius 2 is 2.36 bits per heavy atom. The Bertz CT molecular complexity index is 163. The highest BCUT2D eigenvalue weighted by Crippen LogP contribution is 2.13. The lowest BCUT2D eigenvalue weighted by Crippen LogP contribution is -2.35. The summed E-state index contributed by atoms with van der Waals surface area (Å²) in [6.07, 6.45) is 5.25. The first-order valence-electron chi connectivity index (χ1n) is 5.87. The van der Waals surface area contributed by atoms with Crippen molar-refractivity contribution in [3.05, 3.63) is 0 Å². The summed E-state index contributed by atoms with van der Waals surface area (Å²) in [6.45, 7) is 4.33. The molecule has 0 spiro atoms. The van der Waals surface area contributed by atoms with Crippen LogP contribution in [0.25, 0.3) is 0 Å². The van der Waals surface area contributed by atoms with Crippen molar-refractivity contribution < 1.29 is 4.74 Å². The molecule has 0 bridgehead atoms. The van der Waals surface area contributed by atoms with Crippen molar-refractivity contribution in [1.82, 2.24) is 10.2 Å². The van der Waals surface area contributed by atoms with Crippen LogP contribution in [0, 0.1) is 0 Å². The van der Waals surface area contributed by atoms with Crippen LogP contribution < -0.4 is 5.32 Å². The molecule has 14 heavy (non-hydrogen) atoms. The van der Waals surface area contributed by atoms with Crippen molar-refractivity contribution in [1.29, 1.82) is 0 Å². The topological polar surface area (TPSA) is 24.5 Å². The van der Waals surface area contributed by atoms with Crippen LogP contribution in [0.3, 0.4) is 0 Å². The van der Waals surface area contributed by atoms with Gasteiger partial charge in [0.05, 0.1) is 6.61 Å². The van der Waals surface area contributed by atoms with Crippen LogP contribution in [0.1, 0.15) is 25.7 Å². The average molecular weight is 198 g/mol. The molecule has 2 rings (SSSR count). The molecule has 0 aromatic heterocycles. The summed E-state index contributed by atoms with van der Waals surface area (Å²) >= 11 is 0. The third-order valence-electron chi connectivity index (χ3n) is 3.52. The van der Waals surface area contributed by atoms with Crippen molar-refractivity contribution in [2.24, 2.45) is 0 Å². The molecule has 0 aromatic rings. The molecule has 2 atom stereocenters. The predicted molar refractivity (Wildman–Crippen MR) is 57.5 cm³/mol. The van der Waals surface area contributed by atoms with Gasteiger partial charge in [0.1, 0.15) is 0 Å². The molecule has 2 heterocycles. The molecule has 0 aliphatic carbocycles. The fourth-order valence-corrected chi connectivity index (χ4v) is 2.41. The Hall–Kier alpha value is -0.120. The molecule has 3 nitrogen and oxygen atoms in total. The van der Waals surface area contributed by atoms with E-state index < -0.39 is 0 Å². The van der Waals surface area contributed by atoms with Crippen LogP contribution in [0.15, 0.2) is 0 Å². The van der Waals surface area contributed by atoms with Gasteiger partial charge in [-0.2, -0.15) is 0 Å². The normalized spacial score (nSPS) is 33.0. The maximum atomic E-state index is 5.39. The second kappa shape index (κ2) is 5.10. The van der Waals surface area contributed by atoms with E-state index in [9.17, 15) is 0 Å². The first-order valence-corrected chi connectivity index (χ1v) is 5.87. The van der Waals surface area contributed by atoms with E-state index in [-0.39, 0.29) is 0 Å². The van der Waals surface area contributed by atoms with Crippen molar-refractivity contribution in [3.63, 3.8) is 0 Å². The van der Waals surface area contributed by atoms with Crippen LogP contribution >= 0.6 is 0 Å². The Morgan fingerprint density at radius 1 is 1.43 bits per heavy atom. The molecule has 2 aliphatic heterocycles. The molecule has 0 amide bonds. The Balaban J connectivity index is 1.63. The van der Waals surface area contributed by atoms with Gasteiger partial charge in [-0.25, -0.2) is 0 Å². The van der Waals surface area contributed by atoms with Crippen molar-refractivity contribution in [2.45, 2.75) is 37.8 Å². The molecule has 2 aliphatic rings. The van der Waals surface area contributed by atoms with E-state index in [1.165, 1.54) is 38.8 Å². The van der Waals surface area contributed by atoms with Gasteiger partial charge in [-0.05, 0) is 45.8 Å². The molecule has 0 radical (unpaired) electrons. The molecule has 0 saturated carbocycles. The summed E-state index contributed by atoms with van der Waals surface area (Å²) in [5, 5.41) is 3.54. The molecule has 1 N–H and O–H groups in total. The lowest BCUT2D eigenvalue weighted by Gasteiger charge is -2.24. The lowest BCUT2D eigenvalue weighted by molar-refractivity contribution is 0.157. The molecule has 2 fully saturated rings. The third-order valence-corrected chi connectivity index (χ3v) is 3.52. The van der Waals surface area contributed by atoms with Gasteiger partial charge in [0.25, 0.3) is 0 Å². The van der Waals surface area contributed by atoms with Gasteiger partial charge in [-0.1, -0.05) is 0 Å². The summed E-state index contributed by atoms with van der Waals surface area (Å²) in [5.41, 5.74) is 0. The van der Waals surface area contributed by atoms with Crippen molar-refractivity contribution in [3.8, 4) is 0 Å². The van der Waals surface area contributed by atoms with E-state index in [4.69, 9.17) is 4.74 Å². The van der Waals surface area contributed by atoms with E-state index in [0.29, 0.717) is 6.04 Å². The van der Waals surface area contributed by atoms with E-state index >= 15 is 0 Å². The largest absolute Gasteiger partial charge is 0.380 e. The van der Waals surface area contributed by atoms with Gasteiger partial charge in [-0.3, -0.25) is 0 Å². The summed E-state index contributed by atoms with van der Waals surface area (Å²) in [7, 11) is 2.23. The molecule has 82 valence electrons. The SMILES string of the molecule is CN(CCC1CCCN1)C1CCOC1. The number of nitrogens with zero attached hydrogens (tertiary/aromatic N) is 1. The van der Waals surface area contributed by atoms with Crippen LogP contribution in [-0.2, 0) is 4.74 Å². The first kappa shape index (κ1) is 10.4. The van der Waals surface area contributed by atoms with E-state index in [0.717, 1.165) is 19.3 Å². The molecular formula is C11H22N2O. The minimum atomic E-state index is 0.677. The maximum Gasteiger partial charge on any atom is 0.0622 e. The monoisotopic (exact) mass is 198 g/mol. The molecule has 2 saturated heterocycles. The average Bonchev–Trinajstić information content (AvgIpc) is 2.87. The highest BCUT2D eigenvalue weighted by molar-refractivity contribution is 4.78. The van der Waals surface area contributed by atoms with Crippen molar-refractivity contribution >= 4 is 0 Å². The maximum absolute atomic E-state index is 5.39. The Morgan fingerprint density at radius 3 is 3.00 bits per heavy atom. The van der Waals surface area contributed by atoms with E-state index in [2.05, 4.69) is 17.3 Å². The second-order valence-electron chi connectivity index (χ2n) is 4.58. The van der Waals surface area contributed by atoms with Gasteiger partial charge in [0.2, 0.25) is 0 Å². The van der Waals surface area contributed by atoms with Gasteiger partial charge >= 0.3 is 0 Å². The van der Waals surface area contributed by atoms with Crippen LogP contribution in [-0.4, -0.2) is 50.3 Å². The second-order valence-corrected chi connectivity index (χ2v) is 4.58. The fourth-order valence-electron chi connectivity index (χ4n) is 2.41. The van der Waals surface area contributed by atoms with Crippen LogP contribution in [0.4, 0.5) is 0 Å². The number of nitrogens with one attached hydrogen (secondary N) is 1. The summed E-state index contributed by atoms with van der Waals surface area (Å²) in [6, 6.07) is 1.45. The smallest absolute Gasteiger partial charge is 0.0622 e. The number of hydrogen-bond donors (Lipinski definition) is 1.